The van der Waals surface area contributed by atoms with Gasteiger partial charge in [0.05, 0.1) is 7.11 Å². The van der Waals surface area contributed by atoms with Gasteiger partial charge in [0.25, 0.3) is 5.91 Å². The van der Waals surface area contributed by atoms with Crippen LogP contribution in [0.1, 0.15) is 132 Å². The minimum atomic E-state index is -0.478. The molecule has 1 aromatic rings. The Balaban J connectivity index is 2.16. The minimum Gasteiger partial charge on any atom is -0.497 e. The van der Waals surface area contributed by atoms with Gasteiger partial charge in [0.2, 0.25) is 0 Å². The van der Waals surface area contributed by atoms with E-state index in [4.69, 9.17) is 9.47 Å². The number of nitrogens with one attached hydrogen (secondary N) is 2. The maximum Gasteiger partial charge on any atom is 0.407 e. The van der Waals surface area contributed by atoms with Crippen LogP contribution in [0, 0.1) is 0 Å². The molecule has 1 aromatic carbocycles. The third-order valence-electron chi connectivity index (χ3n) is 7.29. The Bertz CT molecular complexity index is 785. The number of methoxy groups -OCH3 is 1. The van der Waals surface area contributed by atoms with Crippen LogP contribution >= 0.6 is 0 Å². The highest BCUT2D eigenvalue weighted by atomic mass is 16.5. The average Bonchev–Trinajstić information content (AvgIpc) is 2.95. The van der Waals surface area contributed by atoms with Crippen LogP contribution in [0.5, 0.6) is 5.75 Å². The molecular weight excluding hydrogens is 502 g/mol. The largest absolute Gasteiger partial charge is 0.497 e. The molecule has 2 amide bonds. The third kappa shape index (κ3) is 18.9. The summed E-state index contributed by atoms with van der Waals surface area (Å²) >= 11 is 0. The normalized spacial score (nSPS) is 11.0. The first kappa shape index (κ1) is 35.7. The van der Waals surface area contributed by atoms with E-state index < -0.39 is 6.09 Å². The highest BCUT2D eigenvalue weighted by Gasteiger charge is 2.14. The molecule has 1 rings (SSSR count). The number of carbonyl (C=O) groups excluding carboxylic acids is 2. The molecule has 0 fully saturated rings. The van der Waals surface area contributed by atoms with Gasteiger partial charge in [-0.3, -0.25) is 4.79 Å². The zero-order chi connectivity index (χ0) is 29.3. The van der Waals surface area contributed by atoms with Crippen LogP contribution in [-0.4, -0.2) is 57.7 Å². The highest BCUT2D eigenvalue weighted by Crippen LogP contribution is 2.19. The fourth-order valence-electron chi connectivity index (χ4n) is 4.77. The first-order chi connectivity index (χ1) is 19.5. The van der Waals surface area contributed by atoms with Gasteiger partial charge in [0, 0.05) is 24.2 Å². The summed E-state index contributed by atoms with van der Waals surface area (Å²) in [6.45, 7) is 4.39. The average molecular weight is 562 g/mol. The van der Waals surface area contributed by atoms with Crippen molar-refractivity contribution in [1.82, 2.24) is 15.5 Å². The fraction of sp³-hybridized carbons (Fsp3) is 0.758. The first-order valence-corrected chi connectivity index (χ1v) is 16.0. The van der Waals surface area contributed by atoms with Gasteiger partial charge in [-0.15, -0.1) is 0 Å². The number of ether oxygens (including phenoxy) is 2. The molecular formula is C33H59N3O4. The minimum absolute atomic E-state index is 0.0330. The molecule has 0 aromatic heterocycles. The van der Waals surface area contributed by atoms with Crippen LogP contribution in [0.15, 0.2) is 18.2 Å². The Hall–Kier alpha value is -2.28. The molecule has 0 unspecified atom stereocenters. The molecule has 0 saturated carbocycles. The van der Waals surface area contributed by atoms with Gasteiger partial charge in [-0.05, 0) is 45.6 Å². The van der Waals surface area contributed by atoms with Crippen LogP contribution in [0.3, 0.4) is 0 Å². The van der Waals surface area contributed by atoms with Gasteiger partial charge in [-0.25, -0.2) is 4.79 Å². The van der Waals surface area contributed by atoms with Crippen molar-refractivity contribution in [3.63, 3.8) is 0 Å². The van der Waals surface area contributed by atoms with E-state index in [0.29, 0.717) is 30.0 Å². The first-order valence-electron chi connectivity index (χ1n) is 16.0. The lowest BCUT2D eigenvalue weighted by atomic mass is 10.0. The van der Waals surface area contributed by atoms with Crippen LogP contribution in [-0.2, 0) is 11.3 Å². The fourth-order valence-corrected chi connectivity index (χ4v) is 4.77. The number of amides is 2. The van der Waals surface area contributed by atoms with Crippen molar-refractivity contribution >= 4 is 12.0 Å². The predicted octanol–water partition coefficient (Wildman–Crippen LogP) is 7.86. The summed E-state index contributed by atoms with van der Waals surface area (Å²) in [4.78, 5) is 27.0. The summed E-state index contributed by atoms with van der Waals surface area (Å²) in [5.74, 6) is 0.439. The molecule has 0 aliphatic heterocycles. The van der Waals surface area contributed by atoms with Gasteiger partial charge >= 0.3 is 6.09 Å². The lowest BCUT2D eigenvalue weighted by molar-refractivity contribution is 0.0946. The maximum atomic E-state index is 12.9. The van der Waals surface area contributed by atoms with Crippen molar-refractivity contribution in [3.8, 4) is 5.75 Å². The topological polar surface area (TPSA) is 79.9 Å². The van der Waals surface area contributed by atoms with Crippen molar-refractivity contribution in [2.45, 2.75) is 123 Å². The standard InChI is InChI=1S/C33H59N3O4/c1-5-6-7-8-9-10-11-12-13-14-15-16-17-18-19-20-24-34-32(37)31-27-30(39-4)23-22-29(31)28-40-33(38)35-25-21-26-36(2)3/h22-23,27H,5-21,24-26,28H2,1-4H3,(H,34,37)(H,35,38). The van der Waals surface area contributed by atoms with E-state index in [9.17, 15) is 9.59 Å². The second-order valence-corrected chi connectivity index (χ2v) is 11.2. The zero-order valence-electron chi connectivity index (χ0n) is 26.2. The molecule has 7 heteroatoms. The maximum absolute atomic E-state index is 12.9. The Morgan fingerprint density at radius 2 is 1.25 bits per heavy atom. The number of alkyl carbamates (subject to hydrolysis) is 1. The second-order valence-electron chi connectivity index (χ2n) is 11.2. The lowest BCUT2D eigenvalue weighted by Gasteiger charge is -2.13. The van der Waals surface area contributed by atoms with Crippen molar-refractivity contribution < 1.29 is 19.1 Å². The molecule has 2 N–H and O–H groups in total. The number of benzene rings is 1. The smallest absolute Gasteiger partial charge is 0.407 e. The molecule has 230 valence electrons. The summed E-state index contributed by atoms with van der Waals surface area (Å²) in [6, 6.07) is 5.26. The van der Waals surface area contributed by atoms with E-state index in [1.807, 2.05) is 14.1 Å². The van der Waals surface area contributed by atoms with Crippen LogP contribution in [0.4, 0.5) is 4.79 Å². The van der Waals surface area contributed by atoms with Crippen molar-refractivity contribution in [2.24, 2.45) is 0 Å². The van der Waals surface area contributed by atoms with Crippen LogP contribution in [0.2, 0.25) is 0 Å². The molecule has 0 saturated heterocycles. The summed E-state index contributed by atoms with van der Waals surface area (Å²) in [5, 5.41) is 5.78. The summed E-state index contributed by atoms with van der Waals surface area (Å²) in [7, 11) is 5.56. The molecule has 0 heterocycles. The molecule has 0 atom stereocenters. The van der Waals surface area contributed by atoms with E-state index in [2.05, 4.69) is 22.5 Å². The van der Waals surface area contributed by atoms with Crippen molar-refractivity contribution in [1.29, 1.82) is 0 Å². The molecule has 0 aliphatic rings. The Morgan fingerprint density at radius 3 is 1.77 bits per heavy atom. The van der Waals surface area contributed by atoms with Gasteiger partial charge in [0.1, 0.15) is 12.4 Å². The third-order valence-corrected chi connectivity index (χ3v) is 7.29. The molecule has 0 spiro atoms. The molecule has 0 radical (unpaired) electrons. The van der Waals surface area contributed by atoms with E-state index in [0.717, 1.165) is 25.8 Å². The number of nitrogens with zero attached hydrogens (tertiary/aromatic N) is 1. The van der Waals surface area contributed by atoms with E-state index in [-0.39, 0.29) is 12.5 Å². The van der Waals surface area contributed by atoms with Gasteiger partial charge in [0.15, 0.2) is 0 Å². The van der Waals surface area contributed by atoms with Gasteiger partial charge < -0.3 is 25.0 Å². The SMILES string of the molecule is CCCCCCCCCCCCCCCCCCNC(=O)c1cc(OC)ccc1COC(=O)NCCCN(C)C. The summed E-state index contributed by atoms with van der Waals surface area (Å²) in [6.07, 6.45) is 21.6. The number of hydrogen-bond acceptors (Lipinski definition) is 5. The lowest BCUT2D eigenvalue weighted by Crippen LogP contribution is -2.28. The van der Waals surface area contributed by atoms with E-state index >= 15 is 0 Å². The highest BCUT2D eigenvalue weighted by molar-refractivity contribution is 5.96. The van der Waals surface area contributed by atoms with Crippen molar-refractivity contribution in [3.05, 3.63) is 29.3 Å². The van der Waals surface area contributed by atoms with Crippen molar-refractivity contribution in [2.75, 3.05) is 40.8 Å². The Morgan fingerprint density at radius 1 is 0.725 bits per heavy atom. The second kappa shape index (κ2) is 24.5. The quantitative estimate of drug-likeness (QED) is 0.119. The zero-order valence-corrected chi connectivity index (χ0v) is 26.2. The number of carbonyl (C=O) groups is 2. The number of hydrogen-bond donors (Lipinski definition) is 2. The number of unbranched alkanes of at least 4 members (excludes halogenated alkanes) is 15. The number of rotatable bonds is 25. The summed E-state index contributed by atoms with van der Waals surface area (Å²) in [5.41, 5.74) is 1.14. The molecule has 0 bridgehead atoms. The van der Waals surface area contributed by atoms with Crippen LogP contribution < -0.4 is 15.4 Å². The van der Waals surface area contributed by atoms with Gasteiger partial charge in [-0.1, -0.05) is 109 Å². The summed E-state index contributed by atoms with van der Waals surface area (Å²) < 4.78 is 10.7. The molecule has 7 nitrogen and oxygen atoms in total. The van der Waals surface area contributed by atoms with E-state index in [1.165, 1.54) is 89.9 Å². The predicted molar refractivity (Wildman–Crippen MR) is 166 cm³/mol. The van der Waals surface area contributed by atoms with Gasteiger partial charge in [-0.2, -0.15) is 0 Å². The molecule has 0 aliphatic carbocycles. The van der Waals surface area contributed by atoms with Crippen LogP contribution in [0.25, 0.3) is 0 Å². The monoisotopic (exact) mass is 561 g/mol. The molecule has 40 heavy (non-hydrogen) atoms. The Kier molecular flexibility index (Phi) is 21.9. The van der Waals surface area contributed by atoms with E-state index in [1.54, 1.807) is 25.3 Å². The Labute approximate surface area is 245 Å².